The van der Waals surface area contributed by atoms with Crippen molar-refractivity contribution in [2.45, 2.75) is 18.3 Å². The molecule has 14 heteroatoms. The average molecular weight is 562 g/mol. The largest absolute Gasteiger partial charge is 0.494 e. The minimum absolute atomic E-state index is 0.104. The molecule has 2 atom stereocenters. The summed E-state index contributed by atoms with van der Waals surface area (Å²) in [6.07, 6.45) is -1.83. The first-order chi connectivity index (χ1) is 18.6. The minimum atomic E-state index is -4.45. The van der Waals surface area contributed by atoms with Gasteiger partial charge in [0.2, 0.25) is 21.9 Å². The van der Waals surface area contributed by atoms with Gasteiger partial charge in [0.1, 0.15) is 45.9 Å². The number of para-hydroxylation sites is 1. The number of sulfonamides is 1. The number of ether oxygens (including phenoxy) is 3. The fourth-order valence-electron chi connectivity index (χ4n) is 3.82. The average Bonchev–Trinajstić information content (AvgIpc) is 3.33. The summed E-state index contributed by atoms with van der Waals surface area (Å²) in [6, 6.07) is 12.3. The highest BCUT2D eigenvalue weighted by atomic mass is 32.2. The van der Waals surface area contributed by atoms with Crippen LogP contribution in [0.3, 0.4) is 0 Å². The molecule has 4 aromatic rings. The lowest BCUT2D eigenvalue weighted by Crippen LogP contribution is -2.32. The molecule has 0 aliphatic carbocycles. The van der Waals surface area contributed by atoms with Gasteiger partial charge in [0.05, 0.1) is 21.3 Å². The van der Waals surface area contributed by atoms with Crippen LogP contribution in [-0.2, 0) is 10.0 Å². The number of nitrogens with one attached hydrogen (secondary N) is 1. The Kier molecular flexibility index (Phi) is 7.97. The van der Waals surface area contributed by atoms with Crippen molar-refractivity contribution in [3.8, 4) is 34.6 Å². The van der Waals surface area contributed by atoms with E-state index in [0.29, 0.717) is 17.6 Å². The Morgan fingerprint density at radius 2 is 1.62 bits per heavy atom. The molecule has 0 fully saturated rings. The van der Waals surface area contributed by atoms with Crippen molar-refractivity contribution in [3.63, 3.8) is 0 Å². The molecule has 0 bridgehead atoms. The lowest BCUT2D eigenvalue weighted by atomic mass is 10.1. The van der Waals surface area contributed by atoms with Crippen LogP contribution in [0, 0.1) is 11.6 Å². The fraction of sp³-hybridized carbons (Fsp3) is 0.240. The van der Waals surface area contributed by atoms with Crippen LogP contribution >= 0.6 is 0 Å². The number of benzene rings is 2. The third-order valence-electron chi connectivity index (χ3n) is 5.90. The second kappa shape index (κ2) is 11.2. The van der Waals surface area contributed by atoms with Gasteiger partial charge >= 0.3 is 0 Å². The Bertz CT molecular complexity index is 1580. The number of aliphatic hydroxyl groups is 1. The maximum Gasteiger partial charge on any atom is 0.243 e. The Balaban J connectivity index is 1.85. The van der Waals surface area contributed by atoms with Crippen molar-refractivity contribution < 1.29 is 36.5 Å². The molecule has 4 rings (SSSR count). The lowest BCUT2D eigenvalue weighted by molar-refractivity contribution is 0.171. The fourth-order valence-corrected chi connectivity index (χ4v) is 4.88. The number of halogens is 2. The van der Waals surface area contributed by atoms with Crippen molar-refractivity contribution in [3.05, 3.63) is 71.8 Å². The van der Waals surface area contributed by atoms with Crippen molar-refractivity contribution in [2.24, 2.45) is 0 Å². The van der Waals surface area contributed by atoms with E-state index in [2.05, 4.69) is 19.9 Å². The monoisotopic (exact) mass is 561 g/mol. The quantitative estimate of drug-likeness (QED) is 0.298. The maximum atomic E-state index is 14.3. The van der Waals surface area contributed by atoms with Gasteiger partial charge in [0.25, 0.3) is 0 Å². The number of hydrogen-bond acceptors (Lipinski definition) is 9. The summed E-state index contributed by atoms with van der Waals surface area (Å²) < 4.78 is 74.3. The highest BCUT2D eigenvalue weighted by Gasteiger charge is 2.34. The summed E-state index contributed by atoms with van der Waals surface area (Å²) in [4.78, 5) is 4.37. The van der Waals surface area contributed by atoms with Gasteiger partial charge in [-0.2, -0.15) is 0 Å². The summed E-state index contributed by atoms with van der Waals surface area (Å²) in [5.41, 5.74) is 0.146. The topological polar surface area (TPSA) is 138 Å². The number of aliphatic hydroxyl groups excluding tert-OH is 1. The summed E-state index contributed by atoms with van der Waals surface area (Å²) >= 11 is 0. The molecule has 2 heterocycles. The summed E-state index contributed by atoms with van der Waals surface area (Å²) in [7, 11) is -0.164. The van der Waals surface area contributed by atoms with Crippen LogP contribution in [0.2, 0.25) is 0 Å². The molecule has 11 nitrogen and oxygen atoms in total. The number of nitrogens with zero attached hydrogens (tertiary/aromatic N) is 4. The first-order valence-corrected chi connectivity index (χ1v) is 13.0. The first kappa shape index (κ1) is 27.7. The van der Waals surface area contributed by atoms with E-state index in [1.165, 1.54) is 32.8 Å². The van der Waals surface area contributed by atoms with Gasteiger partial charge in [0, 0.05) is 17.7 Å². The SMILES string of the molecule is COc1cccc(-c2nnc(NS(=O)(=O)[C@@H](C)[C@@H](O)c3ccc(F)cc3F)n2-c2c(OC)cccc2OC)n1. The Morgan fingerprint density at radius 3 is 2.23 bits per heavy atom. The van der Waals surface area contributed by atoms with Gasteiger partial charge in [-0.25, -0.2) is 22.2 Å². The second-order valence-corrected chi connectivity index (χ2v) is 10.3. The molecule has 0 amide bonds. The molecule has 2 N–H and O–H groups in total. The molecular weight excluding hydrogens is 536 g/mol. The van der Waals surface area contributed by atoms with E-state index in [4.69, 9.17) is 14.2 Å². The molecule has 206 valence electrons. The predicted octanol–water partition coefficient (Wildman–Crippen LogP) is 3.50. The van der Waals surface area contributed by atoms with Crippen molar-refractivity contribution >= 4 is 16.0 Å². The highest BCUT2D eigenvalue weighted by Crippen LogP contribution is 2.38. The van der Waals surface area contributed by atoms with Gasteiger partial charge in [-0.15, -0.1) is 10.2 Å². The number of methoxy groups -OCH3 is 3. The first-order valence-electron chi connectivity index (χ1n) is 11.4. The zero-order valence-corrected chi connectivity index (χ0v) is 22.1. The predicted molar refractivity (Wildman–Crippen MR) is 138 cm³/mol. The van der Waals surface area contributed by atoms with Gasteiger partial charge in [-0.1, -0.05) is 18.2 Å². The molecule has 2 aromatic carbocycles. The van der Waals surface area contributed by atoms with E-state index in [1.807, 2.05) is 0 Å². The van der Waals surface area contributed by atoms with Gasteiger partial charge < -0.3 is 19.3 Å². The smallest absolute Gasteiger partial charge is 0.243 e. The number of aromatic nitrogens is 4. The van der Waals surface area contributed by atoms with Crippen LogP contribution in [0.1, 0.15) is 18.6 Å². The van der Waals surface area contributed by atoms with Gasteiger partial charge in [-0.05, 0) is 31.2 Å². The Morgan fingerprint density at radius 1 is 0.949 bits per heavy atom. The molecule has 0 radical (unpaired) electrons. The lowest BCUT2D eigenvalue weighted by Gasteiger charge is -2.22. The van der Waals surface area contributed by atoms with Crippen LogP contribution in [0.25, 0.3) is 17.2 Å². The Labute approximate surface area is 223 Å². The van der Waals surface area contributed by atoms with Crippen LogP contribution in [0.4, 0.5) is 14.7 Å². The molecule has 0 unspecified atom stereocenters. The molecule has 0 spiro atoms. The molecule has 39 heavy (non-hydrogen) atoms. The van der Waals surface area contributed by atoms with Crippen LogP contribution in [0.15, 0.2) is 54.6 Å². The van der Waals surface area contributed by atoms with E-state index >= 15 is 0 Å². The second-order valence-electron chi connectivity index (χ2n) is 8.22. The molecule has 0 aliphatic heterocycles. The van der Waals surface area contributed by atoms with Crippen molar-refractivity contribution in [2.75, 3.05) is 26.1 Å². The minimum Gasteiger partial charge on any atom is -0.494 e. The zero-order chi connectivity index (χ0) is 28.3. The van der Waals surface area contributed by atoms with Gasteiger partial charge in [-0.3, -0.25) is 9.29 Å². The third kappa shape index (κ3) is 5.47. The zero-order valence-electron chi connectivity index (χ0n) is 21.3. The van der Waals surface area contributed by atoms with Crippen molar-refractivity contribution in [1.29, 1.82) is 0 Å². The standard InChI is InChI=1S/C25H25F2N5O6S/c1-14(23(33)16-12-11-15(26)13-17(16)27)39(34,35)31-25-30-29-24(18-7-5-10-21(28-18)38-4)32(25)22-19(36-2)8-6-9-20(22)37-3/h5-14,23,33H,1-4H3,(H,30,31)/t14-,23+/m0/s1. The van der Waals surface area contributed by atoms with Crippen LogP contribution in [0.5, 0.6) is 17.4 Å². The molecule has 2 aromatic heterocycles. The number of hydrogen-bond donors (Lipinski definition) is 2. The Hall–Kier alpha value is -4.30. The highest BCUT2D eigenvalue weighted by molar-refractivity contribution is 7.93. The van der Waals surface area contributed by atoms with E-state index in [1.54, 1.807) is 36.4 Å². The third-order valence-corrected chi connectivity index (χ3v) is 7.60. The number of pyridine rings is 1. The van der Waals surface area contributed by atoms with E-state index in [-0.39, 0.29) is 34.6 Å². The van der Waals surface area contributed by atoms with E-state index in [0.717, 1.165) is 12.1 Å². The van der Waals surface area contributed by atoms with Crippen LogP contribution in [-0.4, -0.2) is 59.9 Å². The number of rotatable bonds is 10. The van der Waals surface area contributed by atoms with Crippen molar-refractivity contribution in [1.82, 2.24) is 19.7 Å². The molecule has 0 saturated carbocycles. The van der Waals surface area contributed by atoms with E-state index in [9.17, 15) is 22.3 Å². The summed E-state index contributed by atoms with van der Waals surface area (Å²) in [5.74, 6) is -1.29. The summed E-state index contributed by atoms with van der Waals surface area (Å²) in [5, 5.41) is 17.3. The van der Waals surface area contributed by atoms with Crippen LogP contribution < -0.4 is 18.9 Å². The maximum absolute atomic E-state index is 14.3. The molecule has 0 aliphatic rings. The summed E-state index contributed by atoms with van der Waals surface area (Å²) in [6.45, 7) is 1.17. The normalized spacial score (nSPS) is 13.0. The molecular formula is C25H25F2N5O6S. The number of anilines is 1. The van der Waals surface area contributed by atoms with Gasteiger partial charge in [0.15, 0.2) is 5.82 Å². The molecule has 0 saturated heterocycles. The van der Waals surface area contributed by atoms with E-state index < -0.39 is 33.0 Å².